The minimum absolute atomic E-state index is 0.0614. The number of aromatic nitrogens is 2. The van der Waals surface area contributed by atoms with Crippen LogP contribution in [0.1, 0.15) is 49.9 Å². The summed E-state index contributed by atoms with van der Waals surface area (Å²) in [5, 5.41) is 15.8. The molecule has 2 aromatic heterocycles. The van der Waals surface area contributed by atoms with E-state index in [-0.39, 0.29) is 29.8 Å². The highest BCUT2D eigenvalue weighted by molar-refractivity contribution is 5.94. The van der Waals surface area contributed by atoms with E-state index in [0.29, 0.717) is 5.56 Å². The summed E-state index contributed by atoms with van der Waals surface area (Å²) < 4.78 is 1.82. The van der Waals surface area contributed by atoms with Gasteiger partial charge in [-0.15, -0.1) is 0 Å². The van der Waals surface area contributed by atoms with Crippen molar-refractivity contribution in [2.45, 2.75) is 57.7 Å². The van der Waals surface area contributed by atoms with Crippen molar-refractivity contribution in [3.05, 3.63) is 36.3 Å². The molecular weight excluding hydrogens is 332 g/mol. The van der Waals surface area contributed by atoms with Crippen molar-refractivity contribution in [3.8, 4) is 0 Å². The summed E-state index contributed by atoms with van der Waals surface area (Å²) >= 11 is 0. The molecule has 1 fully saturated rings. The van der Waals surface area contributed by atoms with Crippen molar-refractivity contribution in [1.82, 2.24) is 20.0 Å². The van der Waals surface area contributed by atoms with E-state index in [0.717, 1.165) is 31.3 Å². The molecule has 2 heterocycles. The molecule has 3 N–H and O–H groups in total. The highest BCUT2D eigenvalue weighted by Gasteiger charge is 2.26. The van der Waals surface area contributed by atoms with Gasteiger partial charge in [-0.05, 0) is 43.7 Å². The molecule has 0 aromatic carbocycles. The van der Waals surface area contributed by atoms with Gasteiger partial charge in [0.15, 0.2) is 0 Å². The van der Waals surface area contributed by atoms with Crippen LogP contribution >= 0.6 is 0 Å². The number of rotatable bonds is 5. The Morgan fingerprint density at radius 1 is 1.15 bits per heavy atom. The lowest BCUT2D eigenvalue weighted by molar-refractivity contribution is -0.132. The third-order valence-corrected chi connectivity index (χ3v) is 4.96. The Balaban J connectivity index is 1.49. The maximum absolute atomic E-state index is 12.5. The van der Waals surface area contributed by atoms with Gasteiger partial charge in [0.05, 0.1) is 5.56 Å². The Morgan fingerprint density at radius 3 is 2.46 bits per heavy atom. The lowest BCUT2D eigenvalue weighted by Gasteiger charge is -2.30. The lowest BCUT2D eigenvalue weighted by Crippen LogP contribution is -2.47. The number of pyridine rings is 1. The standard InChI is InChI=1S/C19H26N4O3/c1-12(2)17(24)19(26)22-15-6-4-14(5-7-15)21-18(25)13-3-8-16-20-9-10-23(16)11-13/h3,8-12,14-15,17,24H,4-7H2,1-2H3,(H,21,25)(H,22,26)/t14?,15?,17-/m1/s1. The Hall–Kier alpha value is -2.41. The van der Waals surface area contributed by atoms with Crippen molar-refractivity contribution in [2.75, 3.05) is 0 Å². The van der Waals surface area contributed by atoms with Gasteiger partial charge in [0, 0.05) is 30.7 Å². The quantitative estimate of drug-likeness (QED) is 0.755. The van der Waals surface area contributed by atoms with Crippen molar-refractivity contribution in [2.24, 2.45) is 5.92 Å². The van der Waals surface area contributed by atoms with E-state index in [4.69, 9.17) is 0 Å². The van der Waals surface area contributed by atoms with Gasteiger partial charge >= 0.3 is 0 Å². The predicted octanol–water partition coefficient (Wildman–Crippen LogP) is 1.51. The second-order valence-corrected chi connectivity index (χ2v) is 7.33. The molecule has 1 saturated carbocycles. The number of nitrogens with zero attached hydrogens (tertiary/aromatic N) is 2. The van der Waals surface area contributed by atoms with E-state index < -0.39 is 6.10 Å². The Morgan fingerprint density at radius 2 is 1.81 bits per heavy atom. The van der Waals surface area contributed by atoms with Gasteiger partial charge in [0.1, 0.15) is 11.8 Å². The van der Waals surface area contributed by atoms with Crippen LogP contribution in [0.5, 0.6) is 0 Å². The second kappa shape index (κ2) is 7.86. The molecule has 0 spiro atoms. The van der Waals surface area contributed by atoms with Crippen molar-refractivity contribution < 1.29 is 14.7 Å². The summed E-state index contributed by atoms with van der Waals surface area (Å²) in [6.07, 6.45) is 7.52. The Bertz CT molecular complexity index is 778. The molecule has 0 unspecified atom stereocenters. The summed E-state index contributed by atoms with van der Waals surface area (Å²) in [5.41, 5.74) is 1.41. The fourth-order valence-electron chi connectivity index (χ4n) is 3.29. The highest BCUT2D eigenvalue weighted by atomic mass is 16.3. The zero-order chi connectivity index (χ0) is 18.7. The van der Waals surface area contributed by atoms with Gasteiger partial charge in [-0.25, -0.2) is 4.98 Å². The summed E-state index contributed by atoms with van der Waals surface area (Å²) in [7, 11) is 0. The summed E-state index contributed by atoms with van der Waals surface area (Å²) in [4.78, 5) is 28.6. The van der Waals surface area contributed by atoms with Gasteiger partial charge in [-0.3, -0.25) is 9.59 Å². The highest BCUT2D eigenvalue weighted by Crippen LogP contribution is 2.19. The molecule has 3 rings (SSSR count). The molecule has 0 bridgehead atoms. The zero-order valence-corrected chi connectivity index (χ0v) is 15.2. The van der Waals surface area contributed by atoms with E-state index in [1.807, 2.05) is 30.5 Å². The maximum atomic E-state index is 12.5. The SMILES string of the molecule is CC(C)[C@@H](O)C(=O)NC1CCC(NC(=O)c2ccc3nccn3c2)CC1. The fraction of sp³-hybridized carbons (Fsp3) is 0.526. The number of amides is 2. The number of imidazole rings is 1. The van der Waals surface area contributed by atoms with Gasteiger partial charge in [-0.2, -0.15) is 0 Å². The molecule has 26 heavy (non-hydrogen) atoms. The van der Waals surface area contributed by atoms with E-state index in [9.17, 15) is 14.7 Å². The first-order valence-corrected chi connectivity index (χ1v) is 9.16. The van der Waals surface area contributed by atoms with Gasteiger partial charge < -0.3 is 20.1 Å². The number of carbonyl (C=O) groups excluding carboxylic acids is 2. The smallest absolute Gasteiger partial charge is 0.252 e. The van der Waals surface area contributed by atoms with Crippen LogP contribution in [0.25, 0.3) is 5.65 Å². The number of fused-ring (bicyclic) bond motifs is 1. The fourth-order valence-corrected chi connectivity index (χ4v) is 3.29. The van der Waals surface area contributed by atoms with Crippen LogP contribution in [0.4, 0.5) is 0 Å². The molecule has 140 valence electrons. The van der Waals surface area contributed by atoms with Gasteiger partial charge in [0.2, 0.25) is 5.91 Å². The van der Waals surface area contributed by atoms with Crippen LogP contribution in [-0.4, -0.2) is 44.5 Å². The van der Waals surface area contributed by atoms with Crippen molar-refractivity contribution >= 4 is 17.5 Å². The number of hydrogen-bond acceptors (Lipinski definition) is 4. The number of aliphatic hydroxyl groups excluding tert-OH is 1. The van der Waals surface area contributed by atoms with Gasteiger partial charge in [0.25, 0.3) is 5.91 Å². The summed E-state index contributed by atoms with van der Waals surface area (Å²) in [6, 6.07) is 3.76. The third-order valence-electron chi connectivity index (χ3n) is 4.96. The molecule has 7 nitrogen and oxygen atoms in total. The van der Waals surface area contributed by atoms with E-state index in [1.54, 1.807) is 18.5 Å². The first-order valence-electron chi connectivity index (χ1n) is 9.16. The van der Waals surface area contributed by atoms with Crippen LogP contribution in [0, 0.1) is 5.92 Å². The third kappa shape index (κ3) is 4.22. The minimum atomic E-state index is -0.967. The molecule has 1 aliphatic rings. The molecule has 2 amide bonds. The molecule has 0 radical (unpaired) electrons. The topological polar surface area (TPSA) is 95.7 Å². The van der Waals surface area contributed by atoms with Crippen LogP contribution < -0.4 is 10.6 Å². The molecule has 2 aromatic rings. The number of aliphatic hydroxyl groups is 1. The van der Waals surface area contributed by atoms with E-state index in [1.165, 1.54) is 0 Å². The largest absolute Gasteiger partial charge is 0.383 e. The zero-order valence-electron chi connectivity index (χ0n) is 15.2. The van der Waals surface area contributed by atoms with Crippen molar-refractivity contribution in [1.29, 1.82) is 0 Å². The lowest BCUT2D eigenvalue weighted by atomic mass is 9.90. The molecule has 1 atom stereocenters. The van der Waals surface area contributed by atoms with E-state index in [2.05, 4.69) is 15.6 Å². The second-order valence-electron chi connectivity index (χ2n) is 7.33. The average molecular weight is 358 g/mol. The van der Waals surface area contributed by atoms with Crippen LogP contribution in [0.3, 0.4) is 0 Å². The predicted molar refractivity (Wildman–Crippen MR) is 97.7 cm³/mol. The van der Waals surface area contributed by atoms with Crippen LogP contribution in [-0.2, 0) is 4.79 Å². The first kappa shape index (κ1) is 18.4. The summed E-state index contributed by atoms with van der Waals surface area (Å²) in [6.45, 7) is 3.63. The maximum Gasteiger partial charge on any atom is 0.252 e. The molecule has 0 aliphatic heterocycles. The number of nitrogens with one attached hydrogen (secondary N) is 2. The minimum Gasteiger partial charge on any atom is -0.383 e. The number of carbonyl (C=O) groups is 2. The Labute approximate surface area is 152 Å². The van der Waals surface area contributed by atoms with Crippen LogP contribution in [0.15, 0.2) is 30.7 Å². The summed E-state index contributed by atoms with van der Waals surface area (Å²) in [5.74, 6) is -0.497. The van der Waals surface area contributed by atoms with E-state index >= 15 is 0 Å². The molecule has 1 aliphatic carbocycles. The van der Waals surface area contributed by atoms with Crippen molar-refractivity contribution in [3.63, 3.8) is 0 Å². The molecular formula is C19H26N4O3. The van der Waals surface area contributed by atoms with Crippen LogP contribution in [0.2, 0.25) is 0 Å². The average Bonchev–Trinajstić information content (AvgIpc) is 3.10. The number of hydrogen-bond donors (Lipinski definition) is 3. The Kier molecular flexibility index (Phi) is 5.56. The molecule has 0 saturated heterocycles. The normalized spacial score (nSPS) is 21.5. The first-order chi connectivity index (χ1) is 12.4. The monoisotopic (exact) mass is 358 g/mol. The van der Waals surface area contributed by atoms with Gasteiger partial charge in [-0.1, -0.05) is 13.8 Å². The molecule has 7 heteroatoms.